The summed E-state index contributed by atoms with van der Waals surface area (Å²) >= 11 is 0. The molecular formula is C21H24N2O4. The fourth-order valence-electron chi connectivity index (χ4n) is 3.60. The molecule has 1 aliphatic rings. The first-order valence-corrected chi connectivity index (χ1v) is 9.23. The summed E-state index contributed by atoms with van der Waals surface area (Å²) in [5.41, 5.74) is 1.90. The van der Waals surface area contributed by atoms with E-state index in [1.807, 2.05) is 18.2 Å². The van der Waals surface area contributed by atoms with Crippen molar-refractivity contribution in [2.75, 3.05) is 7.11 Å². The van der Waals surface area contributed by atoms with Crippen LogP contribution in [0.25, 0.3) is 11.3 Å². The molecule has 1 amide bonds. The number of carboxylic acids is 1. The van der Waals surface area contributed by atoms with E-state index in [0.717, 1.165) is 24.8 Å². The summed E-state index contributed by atoms with van der Waals surface area (Å²) < 4.78 is 5.40. The summed E-state index contributed by atoms with van der Waals surface area (Å²) in [6, 6.07) is 10.4. The highest BCUT2D eigenvalue weighted by molar-refractivity contribution is 5.96. The third-order valence-corrected chi connectivity index (χ3v) is 5.05. The normalized spacial score (nSPS) is 19.7. The molecule has 27 heavy (non-hydrogen) atoms. The number of carbonyl (C=O) groups is 2. The quantitative estimate of drug-likeness (QED) is 0.788. The van der Waals surface area contributed by atoms with E-state index in [9.17, 15) is 14.7 Å². The van der Waals surface area contributed by atoms with Crippen molar-refractivity contribution >= 4 is 11.9 Å². The van der Waals surface area contributed by atoms with Crippen LogP contribution >= 0.6 is 0 Å². The lowest BCUT2D eigenvalue weighted by atomic mass is 9.94. The number of nitrogens with one attached hydrogen (secondary N) is 1. The molecule has 1 aromatic carbocycles. The topological polar surface area (TPSA) is 88.5 Å². The number of amides is 1. The number of rotatable bonds is 5. The summed E-state index contributed by atoms with van der Waals surface area (Å²) in [5.74, 6) is -1.02. The number of aromatic nitrogens is 1. The molecule has 142 valence electrons. The molecule has 1 saturated carbocycles. The van der Waals surface area contributed by atoms with Gasteiger partial charge in [0.05, 0.1) is 18.7 Å². The van der Waals surface area contributed by atoms with E-state index in [-0.39, 0.29) is 11.9 Å². The molecule has 2 N–H and O–H groups in total. The number of nitrogens with zero attached hydrogens (tertiary/aromatic N) is 1. The molecule has 0 aliphatic heterocycles. The first-order valence-electron chi connectivity index (χ1n) is 9.23. The zero-order valence-corrected chi connectivity index (χ0v) is 15.4. The minimum Gasteiger partial charge on any atom is -0.496 e. The highest BCUT2D eigenvalue weighted by Crippen LogP contribution is 2.30. The third kappa shape index (κ3) is 4.45. The molecule has 0 radical (unpaired) electrons. The van der Waals surface area contributed by atoms with Crippen molar-refractivity contribution in [3.63, 3.8) is 0 Å². The highest BCUT2D eigenvalue weighted by atomic mass is 16.5. The van der Waals surface area contributed by atoms with Crippen LogP contribution in [0.15, 0.2) is 42.6 Å². The average Bonchev–Trinajstić information content (AvgIpc) is 2.93. The van der Waals surface area contributed by atoms with Gasteiger partial charge >= 0.3 is 5.97 Å². The van der Waals surface area contributed by atoms with Crippen LogP contribution in [0.5, 0.6) is 5.75 Å². The van der Waals surface area contributed by atoms with E-state index >= 15 is 0 Å². The van der Waals surface area contributed by atoms with E-state index < -0.39 is 11.9 Å². The molecule has 1 aromatic heterocycles. The highest BCUT2D eigenvalue weighted by Gasteiger charge is 2.31. The smallest absolute Gasteiger partial charge is 0.308 e. The molecule has 3 rings (SSSR count). The van der Waals surface area contributed by atoms with Gasteiger partial charge in [0.15, 0.2) is 0 Å². The van der Waals surface area contributed by atoms with E-state index in [1.165, 1.54) is 0 Å². The van der Waals surface area contributed by atoms with Crippen LogP contribution in [0, 0.1) is 5.92 Å². The summed E-state index contributed by atoms with van der Waals surface area (Å²) in [6.07, 6.45) is 5.78. The van der Waals surface area contributed by atoms with Gasteiger partial charge in [0.25, 0.3) is 5.91 Å². The number of carboxylic acid groups (broad SMARTS) is 1. The number of ether oxygens (including phenoxy) is 1. The van der Waals surface area contributed by atoms with Gasteiger partial charge in [0.1, 0.15) is 5.75 Å². The van der Waals surface area contributed by atoms with Crippen molar-refractivity contribution in [3.8, 4) is 17.0 Å². The van der Waals surface area contributed by atoms with Crippen LogP contribution in [0.1, 0.15) is 42.5 Å². The number of hydrogen-bond donors (Lipinski definition) is 2. The maximum absolute atomic E-state index is 12.8. The zero-order valence-electron chi connectivity index (χ0n) is 15.4. The number of benzene rings is 1. The van der Waals surface area contributed by atoms with Gasteiger partial charge in [0.2, 0.25) is 0 Å². The third-order valence-electron chi connectivity index (χ3n) is 5.05. The van der Waals surface area contributed by atoms with Crippen LogP contribution in [0.3, 0.4) is 0 Å². The molecule has 6 heteroatoms. The predicted molar refractivity (Wildman–Crippen MR) is 102 cm³/mol. The van der Waals surface area contributed by atoms with Gasteiger partial charge in [-0.2, -0.15) is 0 Å². The molecule has 6 nitrogen and oxygen atoms in total. The van der Waals surface area contributed by atoms with Gasteiger partial charge in [-0.05, 0) is 43.2 Å². The number of carbonyl (C=O) groups excluding carboxylic acids is 1. The van der Waals surface area contributed by atoms with Gasteiger partial charge in [0, 0.05) is 23.4 Å². The molecule has 0 spiro atoms. The molecule has 1 fully saturated rings. The summed E-state index contributed by atoms with van der Waals surface area (Å²) in [4.78, 5) is 28.7. The fraction of sp³-hybridized carbons (Fsp3) is 0.381. The van der Waals surface area contributed by atoms with Crippen molar-refractivity contribution in [1.82, 2.24) is 10.3 Å². The second-order valence-electron chi connectivity index (χ2n) is 6.79. The van der Waals surface area contributed by atoms with E-state index in [2.05, 4.69) is 10.3 Å². The molecule has 0 unspecified atom stereocenters. The Morgan fingerprint density at radius 1 is 1.15 bits per heavy atom. The van der Waals surface area contributed by atoms with Crippen molar-refractivity contribution in [3.05, 3.63) is 48.2 Å². The second kappa shape index (κ2) is 8.66. The lowest BCUT2D eigenvalue weighted by Gasteiger charge is -2.23. The molecule has 0 saturated heterocycles. The summed E-state index contributed by atoms with van der Waals surface area (Å²) in [6.45, 7) is 0. The monoisotopic (exact) mass is 368 g/mol. The average molecular weight is 368 g/mol. The Hall–Kier alpha value is -2.89. The predicted octanol–water partition coefficient (Wildman–Crippen LogP) is 3.52. The molecular weight excluding hydrogens is 344 g/mol. The number of hydrogen-bond acceptors (Lipinski definition) is 4. The van der Waals surface area contributed by atoms with Crippen molar-refractivity contribution in [1.29, 1.82) is 0 Å². The van der Waals surface area contributed by atoms with Crippen LogP contribution in [0.4, 0.5) is 0 Å². The van der Waals surface area contributed by atoms with E-state index in [0.29, 0.717) is 29.8 Å². The number of pyridine rings is 1. The first kappa shape index (κ1) is 18.9. The van der Waals surface area contributed by atoms with Gasteiger partial charge in [-0.25, -0.2) is 0 Å². The molecule has 2 atom stereocenters. The van der Waals surface area contributed by atoms with E-state index in [4.69, 9.17) is 4.74 Å². The second-order valence-corrected chi connectivity index (χ2v) is 6.79. The van der Waals surface area contributed by atoms with E-state index in [1.54, 1.807) is 31.5 Å². The SMILES string of the molecule is COc1ccc(C(=O)N[C@H]2CCCCC[C@H]2C(=O)O)cc1-c1ccccn1. The van der Waals surface area contributed by atoms with Gasteiger partial charge in [-0.15, -0.1) is 0 Å². The standard InChI is InChI=1S/C21H24N2O4/c1-27-19-11-10-14(13-16(19)17-8-5-6-12-22-17)20(24)23-18-9-4-2-3-7-15(18)21(25)26/h5-6,8,10-13,15,18H,2-4,7,9H2,1H3,(H,23,24)(H,25,26)/t15-,18+/m1/s1. The first-order chi connectivity index (χ1) is 13.1. The maximum Gasteiger partial charge on any atom is 0.308 e. The van der Waals surface area contributed by atoms with Crippen LogP contribution < -0.4 is 10.1 Å². The minimum absolute atomic E-state index is 0.270. The fourth-order valence-corrected chi connectivity index (χ4v) is 3.60. The van der Waals surface area contributed by atoms with Gasteiger partial charge in [-0.1, -0.05) is 25.3 Å². The van der Waals surface area contributed by atoms with Gasteiger partial charge < -0.3 is 15.2 Å². The van der Waals surface area contributed by atoms with Gasteiger partial charge in [-0.3, -0.25) is 14.6 Å². The number of aliphatic carboxylic acids is 1. The van der Waals surface area contributed by atoms with Crippen molar-refractivity contribution in [2.24, 2.45) is 5.92 Å². The minimum atomic E-state index is -0.842. The Morgan fingerprint density at radius 2 is 1.96 bits per heavy atom. The zero-order chi connectivity index (χ0) is 19.2. The Morgan fingerprint density at radius 3 is 2.67 bits per heavy atom. The molecule has 2 aromatic rings. The van der Waals surface area contributed by atoms with Crippen LogP contribution in [-0.4, -0.2) is 35.1 Å². The Balaban J connectivity index is 1.85. The van der Waals surface area contributed by atoms with Crippen molar-refractivity contribution < 1.29 is 19.4 Å². The number of methoxy groups -OCH3 is 1. The van der Waals surface area contributed by atoms with Crippen molar-refractivity contribution in [2.45, 2.75) is 38.1 Å². The maximum atomic E-state index is 12.8. The molecule has 1 heterocycles. The summed E-state index contributed by atoms with van der Waals surface area (Å²) in [7, 11) is 1.57. The molecule has 0 bridgehead atoms. The van der Waals surface area contributed by atoms with Crippen LogP contribution in [0.2, 0.25) is 0 Å². The summed E-state index contributed by atoms with van der Waals surface area (Å²) in [5, 5.41) is 12.4. The molecule has 1 aliphatic carbocycles. The largest absolute Gasteiger partial charge is 0.496 e. The Kier molecular flexibility index (Phi) is 6.06. The lowest BCUT2D eigenvalue weighted by molar-refractivity contribution is -0.142. The Labute approximate surface area is 158 Å². The Bertz CT molecular complexity index is 807. The van der Waals surface area contributed by atoms with Crippen LogP contribution in [-0.2, 0) is 4.79 Å². The lowest BCUT2D eigenvalue weighted by Crippen LogP contribution is -2.42.